The summed E-state index contributed by atoms with van der Waals surface area (Å²) in [7, 11) is 0. The van der Waals surface area contributed by atoms with E-state index in [-0.39, 0.29) is 5.91 Å². The summed E-state index contributed by atoms with van der Waals surface area (Å²) in [4.78, 5) is 16.5. The van der Waals surface area contributed by atoms with Crippen LogP contribution < -0.4 is 5.32 Å². The molecule has 0 bridgehead atoms. The number of hydrogen-bond donors (Lipinski definition) is 1. The van der Waals surface area contributed by atoms with Crippen molar-refractivity contribution in [2.75, 3.05) is 0 Å². The monoisotopic (exact) mass is 332 g/mol. The normalized spacial score (nSPS) is 16.2. The summed E-state index contributed by atoms with van der Waals surface area (Å²) in [6, 6.07) is 6.09. The first kappa shape index (κ1) is 13.6. The fourth-order valence-corrected chi connectivity index (χ4v) is 3.25. The van der Waals surface area contributed by atoms with Crippen LogP contribution in [-0.4, -0.2) is 16.9 Å². The van der Waals surface area contributed by atoms with Crippen molar-refractivity contribution in [1.29, 1.82) is 0 Å². The second kappa shape index (κ2) is 5.92. The minimum absolute atomic E-state index is 0.0301. The molecule has 1 aromatic carbocycles. The molecule has 0 atom stereocenters. The van der Waals surface area contributed by atoms with E-state index in [9.17, 15) is 4.79 Å². The third-order valence-corrected chi connectivity index (χ3v) is 4.55. The van der Waals surface area contributed by atoms with Crippen LogP contribution in [0, 0.1) is 0 Å². The number of fused-ring (bicyclic) bond motifs is 1. The van der Waals surface area contributed by atoms with E-state index in [4.69, 9.17) is 0 Å². The largest absolute Gasteiger partial charge is 0.349 e. The van der Waals surface area contributed by atoms with Crippen molar-refractivity contribution < 1.29 is 4.79 Å². The molecule has 20 heavy (non-hydrogen) atoms. The van der Waals surface area contributed by atoms with E-state index in [1.807, 2.05) is 24.4 Å². The van der Waals surface area contributed by atoms with Gasteiger partial charge in [0.05, 0.1) is 0 Å². The summed E-state index contributed by atoms with van der Waals surface area (Å²) in [6.07, 6.45) is 9.51. The minimum Gasteiger partial charge on any atom is -0.349 e. The van der Waals surface area contributed by atoms with Crippen molar-refractivity contribution >= 4 is 32.6 Å². The molecular formula is C16H17BrN2O. The molecule has 0 unspecified atom stereocenters. The fourth-order valence-electron chi connectivity index (χ4n) is 2.79. The van der Waals surface area contributed by atoms with Gasteiger partial charge in [-0.2, -0.15) is 0 Å². The van der Waals surface area contributed by atoms with Crippen molar-refractivity contribution in [3.63, 3.8) is 0 Å². The number of nitrogens with one attached hydrogen (secondary N) is 1. The lowest BCUT2D eigenvalue weighted by Crippen LogP contribution is -2.36. The number of carbonyl (C=O) groups excluding carboxylic acids is 1. The summed E-state index contributed by atoms with van der Waals surface area (Å²) in [6.45, 7) is 0. The average molecular weight is 333 g/mol. The molecule has 0 saturated heterocycles. The highest BCUT2D eigenvalue weighted by Gasteiger charge is 2.16. The van der Waals surface area contributed by atoms with Gasteiger partial charge in [0.1, 0.15) is 0 Å². The number of amides is 1. The van der Waals surface area contributed by atoms with Gasteiger partial charge >= 0.3 is 0 Å². The SMILES string of the molecule is O=C(NC1CCCCC1)c1ccc2cncc(Br)c2c1. The first-order valence-electron chi connectivity index (χ1n) is 7.08. The van der Waals surface area contributed by atoms with E-state index in [0.717, 1.165) is 33.7 Å². The van der Waals surface area contributed by atoms with Crippen LogP contribution in [0.25, 0.3) is 10.8 Å². The smallest absolute Gasteiger partial charge is 0.251 e. The van der Waals surface area contributed by atoms with Gasteiger partial charge in [0.25, 0.3) is 5.91 Å². The van der Waals surface area contributed by atoms with E-state index in [0.29, 0.717) is 6.04 Å². The lowest BCUT2D eigenvalue weighted by molar-refractivity contribution is 0.0928. The molecule has 3 rings (SSSR count). The highest BCUT2D eigenvalue weighted by molar-refractivity contribution is 9.10. The van der Waals surface area contributed by atoms with Gasteiger partial charge in [-0.3, -0.25) is 9.78 Å². The molecule has 1 aromatic heterocycles. The number of nitrogens with zero attached hydrogens (tertiary/aromatic N) is 1. The Kier molecular flexibility index (Phi) is 4.01. The van der Waals surface area contributed by atoms with Crippen LogP contribution in [0.1, 0.15) is 42.5 Å². The minimum atomic E-state index is 0.0301. The third-order valence-electron chi connectivity index (χ3n) is 3.91. The summed E-state index contributed by atoms with van der Waals surface area (Å²) in [5, 5.41) is 5.21. The van der Waals surface area contributed by atoms with Crippen LogP contribution in [0.5, 0.6) is 0 Å². The van der Waals surface area contributed by atoms with E-state index in [1.165, 1.54) is 19.3 Å². The topological polar surface area (TPSA) is 42.0 Å². The van der Waals surface area contributed by atoms with Crippen molar-refractivity contribution in [1.82, 2.24) is 10.3 Å². The van der Waals surface area contributed by atoms with Gasteiger partial charge in [-0.1, -0.05) is 25.3 Å². The predicted octanol–water partition coefficient (Wildman–Crippen LogP) is 4.06. The zero-order valence-corrected chi connectivity index (χ0v) is 12.8. The van der Waals surface area contributed by atoms with Crippen molar-refractivity contribution in [3.8, 4) is 0 Å². The molecule has 1 aliphatic carbocycles. The Morgan fingerprint density at radius 3 is 2.80 bits per heavy atom. The van der Waals surface area contributed by atoms with E-state index in [1.54, 1.807) is 6.20 Å². The first-order chi connectivity index (χ1) is 9.74. The number of pyridine rings is 1. The third kappa shape index (κ3) is 2.85. The Bertz CT molecular complexity index is 635. The number of carbonyl (C=O) groups is 1. The van der Waals surface area contributed by atoms with Gasteiger partial charge in [0.2, 0.25) is 0 Å². The lowest BCUT2D eigenvalue weighted by Gasteiger charge is -2.22. The van der Waals surface area contributed by atoms with Gasteiger partial charge in [-0.25, -0.2) is 0 Å². The maximum atomic E-state index is 12.3. The summed E-state index contributed by atoms with van der Waals surface area (Å²) in [5.74, 6) is 0.0301. The average Bonchev–Trinajstić information content (AvgIpc) is 2.48. The Balaban J connectivity index is 1.82. The molecular weight excluding hydrogens is 316 g/mol. The molecule has 1 N–H and O–H groups in total. The molecule has 1 aliphatic rings. The van der Waals surface area contributed by atoms with E-state index in [2.05, 4.69) is 26.2 Å². The highest BCUT2D eigenvalue weighted by Crippen LogP contribution is 2.24. The van der Waals surface area contributed by atoms with Gasteiger partial charge in [0, 0.05) is 33.9 Å². The lowest BCUT2D eigenvalue weighted by atomic mass is 9.95. The predicted molar refractivity (Wildman–Crippen MR) is 83.8 cm³/mol. The standard InChI is InChI=1S/C16H17BrN2O/c17-15-10-18-9-12-7-6-11(8-14(12)15)16(20)19-13-4-2-1-3-5-13/h6-10,13H,1-5H2,(H,19,20). The number of hydrogen-bond acceptors (Lipinski definition) is 2. The fraction of sp³-hybridized carbons (Fsp3) is 0.375. The molecule has 0 aliphatic heterocycles. The molecule has 1 saturated carbocycles. The van der Waals surface area contributed by atoms with Crippen LogP contribution >= 0.6 is 15.9 Å². The number of halogens is 1. The first-order valence-corrected chi connectivity index (χ1v) is 7.87. The highest BCUT2D eigenvalue weighted by atomic mass is 79.9. The molecule has 0 radical (unpaired) electrons. The molecule has 104 valence electrons. The maximum absolute atomic E-state index is 12.3. The molecule has 2 aromatic rings. The molecule has 3 nitrogen and oxygen atoms in total. The molecule has 0 spiro atoms. The summed E-state index contributed by atoms with van der Waals surface area (Å²) >= 11 is 3.48. The Morgan fingerprint density at radius 1 is 1.20 bits per heavy atom. The Morgan fingerprint density at radius 2 is 2.00 bits per heavy atom. The summed E-state index contributed by atoms with van der Waals surface area (Å²) in [5.41, 5.74) is 0.718. The maximum Gasteiger partial charge on any atom is 0.251 e. The van der Waals surface area contributed by atoms with Gasteiger partial charge in [-0.05, 0) is 46.3 Å². The quantitative estimate of drug-likeness (QED) is 0.900. The number of aromatic nitrogens is 1. The van der Waals surface area contributed by atoms with Crippen molar-refractivity contribution in [2.24, 2.45) is 0 Å². The van der Waals surface area contributed by atoms with Crippen molar-refractivity contribution in [2.45, 2.75) is 38.1 Å². The zero-order valence-electron chi connectivity index (χ0n) is 11.2. The van der Waals surface area contributed by atoms with Crippen LogP contribution in [0.2, 0.25) is 0 Å². The van der Waals surface area contributed by atoms with E-state index < -0.39 is 0 Å². The van der Waals surface area contributed by atoms with Crippen LogP contribution in [0.4, 0.5) is 0 Å². The number of benzene rings is 1. The summed E-state index contributed by atoms with van der Waals surface area (Å²) < 4.78 is 0.919. The van der Waals surface area contributed by atoms with Crippen LogP contribution in [-0.2, 0) is 0 Å². The van der Waals surface area contributed by atoms with Gasteiger partial charge < -0.3 is 5.32 Å². The second-order valence-electron chi connectivity index (χ2n) is 5.37. The molecule has 1 heterocycles. The number of rotatable bonds is 2. The van der Waals surface area contributed by atoms with Gasteiger partial charge in [0.15, 0.2) is 0 Å². The van der Waals surface area contributed by atoms with Crippen LogP contribution in [0.3, 0.4) is 0 Å². The van der Waals surface area contributed by atoms with Crippen molar-refractivity contribution in [3.05, 3.63) is 40.6 Å². The second-order valence-corrected chi connectivity index (χ2v) is 6.22. The molecule has 1 amide bonds. The Hall–Kier alpha value is -1.42. The zero-order chi connectivity index (χ0) is 13.9. The molecule has 1 fully saturated rings. The van der Waals surface area contributed by atoms with Crippen LogP contribution in [0.15, 0.2) is 35.1 Å². The van der Waals surface area contributed by atoms with E-state index >= 15 is 0 Å². The Labute approximate surface area is 126 Å². The molecule has 4 heteroatoms. The van der Waals surface area contributed by atoms with Gasteiger partial charge in [-0.15, -0.1) is 0 Å².